The molecule has 27 heavy (non-hydrogen) atoms. The molecule has 2 fully saturated rings. The third-order valence-corrected chi connectivity index (χ3v) is 6.46. The van der Waals surface area contributed by atoms with Crippen LogP contribution in [0.2, 0.25) is 0 Å². The summed E-state index contributed by atoms with van der Waals surface area (Å²) in [5.41, 5.74) is 2.34. The summed E-state index contributed by atoms with van der Waals surface area (Å²) in [5.74, 6) is 1.51. The molecule has 5 nitrogen and oxygen atoms in total. The summed E-state index contributed by atoms with van der Waals surface area (Å²) in [6.07, 6.45) is 7.03. The minimum atomic E-state index is 0.200. The summed E-state index contributed by atoms with van der Waals surface area (Å²) in [4.78, 5) is 21.8. The van der Waals surface area contributed by atoms with Gasteiger partial charge in [-0.3, -0.25) is 19.6 Å². The Kier molecular flexibility index (Phi) is 7.25. The van der Waals surface area contributed by atoms with E-state index in [2.05, 4.69) is 46.1 Å². The number of hydrogen-bond acceptors (Lipinski definition) is 4. The first-order chi connectivity index (χ1) is 13.0. The van der Waals surface area contributed by atoms with Gasteiger partial charge in [-0.05, 0) is 43.2 Å². The summed E-state index contributed by atoms with van der Waals surface area (Å²) in [6.45, 7) is 12.0. The predicted octanol–water partition coefficient (Wildman–Crippen LogP) is 2.84. The molecule has 150 valence electrons. The van der Waals surface area contributed by atoms with Gasteiger partial charge in [-0.25, -0.2) is 0 Å². The molecule has 0 radical (unpaired) electrons. The molecular formula is C22H36N4O. The molecule has 2 heterocycles. The van der Waals surface area contributed by atoms with Crippen molar-refractivity contribution in [2.45, 2.75) is 59.0 Å². The molecule has 1 saturated carbocycles. The maximum atomic E-state index is 12.4. The summed E-state index contributed by atoms with van der Waals surface area (Å²) >= 11 is 0. The van der Waals surface area contributed by atoms with Gasteiger partial charge < -0.3 is 5.32 Å². The zero-order chi connectivity index (χ0) is 19.2. The summed E-state index contributed by atoms with van der Waals surface area (Å²) in [5, 5.41) is 3.16. The second kappa shape index (κ2) is 9.65. The Morgan fingerprint density at radius 2 is 2.15 bits per heavy atom. The van der Waals surface area contributed by atoms with E-state index in [0.29, 0.717) is 18.5 Å². The lowest BCUT2D eigenvalue weighted by molar-refractivity contribution is -0.124. The normalized spacial score (nSPS) is 23.0. The van der Waals surface area contributed by atoms with Crippen LogP contribution in [0.3, 0.4) is 0 Å². The smallest absolute Gasteiger partial charge is 0.234 e. The van der Waals surface area contributed by atoms with E-state index in [1.165, 1.54) is 24.8 Å². The molecule has 0 aromatic carbocycles. The molecule has 1 N–H and O–H groups in total. The van der Waals surface area contributed by atoms with Crippen molar-refractivity contribution in [3.8, 4) is 0 Å². The molecule has 3 rings (SSSR count). The minimum Gasteiger partial charge on any atom is -0.355 e. The van der Waals surface area contributed by atoms with Crippen molar-refractivity contribution < 1.29 is 4.79 Å². The standard InChI is InChI=1S/C22H36N4O/c1-4-17(2)21-15-25(14-20-9-8-18(3)23-13-20)10-11-26(21)16-22(27)24-12-19-6-5-7-19/h8-9,13,17,19,21H,4-7,10-12,14-16H2,1-3H3,(H,24,27)/t17-,21-/m0/s1. The quantitative estimate of drug-likeness (QED) is 0.762. The molecule has 1 aliphatic carbocycles. The Labute approximate surface area is 164 Å². The highest BCUT2D eigenvalue weighted by Gasteiger charge is 2.31. The van der Waals surface area contributed by atoms with E-state index < -0.39 is 0 Å². The van der Waals surface area contributed by atoms with Gasteiger partial charge in [0.05, 0.1) is 6.54 Å². The Morgan fingerprint density at radius 3 is 2.78 bits per heavy atom. The molecular weight excluding hydrogens is 336 g/mol. The van der Waals surface area contributed by atoms with Crippen LogP contribution in [0, 0.1) is 18.8 Å². The maximum Gasteiger partial charge on any atom is 0.234 e. The van der Waals surface area contributed by atoms with Crippen molar-refractivity contribution in [2.75, 3.05) is 32.7 Å². The van der Waals surface area contributed by atoms with E-state index in [0.717, 1.165) is 50.8 Å². The monoisotopic (exact) mass is 372 g/mol. The average Bonchev–Trinajstić information content (AvgIpc) is 2.63. The van der Waals surface area contributed by atoms with Gasteiger partial charge in [-0.2, -0.15) is 0 Å². The van der Waals surface area contributed by atoms with Crippen molar-refractivity contribution in [3.63, 3.8) is 0 Å². The van der Waals surface area contributed by atoms with Crippen molar-refractivity contribution in [1.29, 1.82) is 0 Å². The fourth-order valence-electron chi connectivity index (χ4n) is 4.10. The number of nitrogens with one attached hydrogen (secondary N) is 1. The van der Waals surface area contributed by atoms with Crippen LogP contribution < -0.4 is 5.32 Å². The highest BCUT2D eigenvalue weighted by molar-refractivity contribution is 5.78. The number of aryl methyl sites for hydroxylation is 1. The van der Waals surface area contributed by atoms with Gasteiger partial charge in [-0.15, -0.1) is 0 Å². The van der Waals surface area contributed by atoms with Gasteiger partial charge in [0.25, 0.3) is 0 Å². The predicted molar refractivity (Wildman–Crippen MR) is 109 cm³/mol. The van der Waals surface area contributed by atoms with Gasteiger partial charge in [0, 0.05) is 50.7 Å². The van der Waals surface area contributed by atoms with E-state index in [1.54, 1.807) is 0 Å². The van der Waals surface area contributed by atoms with Crippen LogP contribution in [0.1, 0.15) is 50.8 Å². The lowest BCUT2D eigenvalue weighted by atomic mass is 9.85. The Hall–Kier alpha value is -1.46. The van der Waals surface area contributed by atoms with Crippen LogP contribution in [0.4, 0.5) is 0 Å². The molecule has 1 saturated heterocycles. The zero-order valence-corrected chi connectivity index (χ0v) is 17.3. The first kappa shape index (κ1) is 20.3. The number of carbonyl (C=O) groups excluding carboxylic acids is 1. The number of rotatable bonds is 8. The highest BCUT2D eigenvalue weighted by Crippen LogP contribution is 2.25. The number of piperazine rings is 1. The van der Waals surface area contributed by atoms with Crippen LogP contribution >= 0.6 is 0 Å². The lowest BCUT2D eigenvalue weighted by Crippen LogP contribution is -2.57. The van der Waals surface area contributed by atoms with E-state index in [-0.39, 0.29) is 5.91 Å². The molecule has 1 aliphatic heterocycles. The van der Waals surface area contributed by atoms with Gasteiger partial charge in [0.15, 0.2) is 0 Å². The second-order valence-corrected chi connectivity index (χ2v) is 8.57. The van der Waals surface area contributed by atoms with Gasteiger partial charge >= 0.3 is 0 Å². The van der Waals surface area contributed by atoms with Gasteiger partial charge in [-0.1, -0.05) is 32.8 Å². The van der Waals surface area contributed by atoms with E-state index in [1.807, 2.05) is 13.1 Å². The molecule has 0 unspecified atom stereocenters. The van der Waals surface area contributed by atoms with Crippen LogP contribution in [-0.4, -0.2) is 59.5 Å². The molecule has 1 aromatic heterocycles. The molecule has 1 amide bonds. The zero-order valence-electron chi connectivity index (χ0n) is 17.3. The molecule has 5 heteroatoms. The Morgan fingerprint density at radius 1 is 1.33 bits per heavy atom. The van der Waals surface area contributed by atoms with Crippen LogP contribution in [0.25, 0.3) is 0 Å². The van der Waals surface area contributed by atoms with Crippen LogP contribution in [-0.2, 0) is 11.3 Å². The van der Waals surface area contributed by atoms with E-state index >= 15 is 0 Å². The van der Waals surface area contributed by atoms with Gasteiger partial charge in [0.1, 0.15) is 0 Å². The maximum absolute atomic E-state index is 12.4. The fourth-order valence-corrected chi connectivity index (χ4v) is 4.10. The van der Waals surface area contributed by atoms with Crippen molar-refractivity contribution in [3.05, 3.63) is 29.6 Å². The molecule has 2 aliphatic rings. The third kappa shape index (κ3) is 5.76. The minimum absolute atomic E-state index is 0.200. The lowest BCUT2D eigenvalue weighted by Gasteiger charge is -2.43. The van der Waals surface area contributed by atoms with Crippen molar-refractivity contribution in [1.82, 2.24) is 20.1 Å². The Bertz CT molecular complexity index is 599. The largest absolute Gasteiger partial charge is 0.355 e. The fraction of sp³-hybridized carbons (Fsp3) is 0.727. The number of nitrogens with zero attached hydrogens (tertiary/aromatic N) is 3. The number of carbonyl (C=O) groups is 1. The topological polar surface area (TPSA) is 48.5 Å². The number of hydrogen-bond donors (Lipinski definition) is 1. The SMILES string of the molecule is CC[C@H](C)[C@@H]1CN(Cc2ccc(C)nc2)CCN1CC(=O)NCC1CCC1. The first-order valence-electron chi connectivity index (χ1n) is 10.7. The van der Waals surface area contributed by atoms with E-state index in [4.69, 9.17) is 0 Å². The molecule has 2 atom stereocenters. The van der Waals surface area contributed by atoms with Gasteiger partial charge in [0.2, 0.25) is 5.91 Å². The molecule has 0 bridgehead atoms. The second-order valence-electron chi connectivity index (χ2n) is 8.57. The van der Waals surface area contributed by atoms with Crippen LogP contribution in [0.15, 0.2) is 18.3 Å². The summed E-state index contributed by atoms with van der Waals surface area (Å²) in [7, 11) is 0. The third-order valence-electron chi connectivity index (χ3n) is 6.46. The summed E-state index contributed by atoms with van der Waals surface area (Å²) < 4.78 is 0. The van der Waals surface area contributed by atoms with E-state index in [9.17, 15) is 4.79 Å². The average molecular weight is 373 g/mol. The number of amides is 1. The first-order valence-corrected chi connectivity index (χ1v) is 10.7. The van der Waals surface area contributed by atoms with Crippen molar-refractivity contribution in [2.24, 2.45) is 11.8 Å². The summed E-state index contributed by atoms with van der Waals surface area (Å²) in [6, 6.07) is 4.71. The molecule has 0 spiro atoms. The number of aromatic nitrogens is 1. The molecule has 1 aromatic rings. The Balaban J connectivity index is 1.53. The highest BCUT2D eigenvalue weighted by atomic mass is 16.2. The number of pyridine rings is 1. The van der Waals surface area contributed by atoms with Crippen LogP contribution in [0.5, 0.6) is 0 Å². The van der Waals surface area contributed by atoms with Crippen molar-refractivity contribution >= 4 is 5.91 Å².